The molecule has 96 valence electrons. The van der Waals surface area contributed by atoms with Crippen LogP contribution in [0.3, 0.4) is 0 Å². The number of carbonyl (C=O) groups is 1. The van der Waals surface area contributed by atoms with Gasteiger partial charge in [-0.3, -0.25) is 0 Å². The minimum atomic E-state index is -1.14. The molecule has 1 heterocycles. The van der Waals surface area contributed by atoms with Gasteiger partial charge < -0.3 is 9.84 Å². The first-order valence-corrected chi connectivity index (χ1v) is 5.54. The Bertz CT molecular complexity index is 391. The molecule has 0 fully saturated rings. The Morgan fingerprint density at radius 1 is 1.59 bits per heavy atom. The summed E-state index contributed by atoms with van der Waals surface area (Å²) in [5.74, 6) is -0.538. The zero-order chi connectivity index (χ0) is 13.1. The van der Waals surface area contributed by atoms with Gasteiger partial charge in [0.1, 0.15) is 6.61 Å². The third-order valence-electron chi connectivity index (χ3n) is 2.70. The lowest BCUT2D eigenvalue weighted by Crippen LogP contribution is -2.40. The van der Waals surface area contributed by atoms with Crippen molar-refractivity contribution in [2.75, 3.05) is 0 Å². The van der Waals surface area contributed by atoms with E-state index in [0.717, 1.165) is 0 Å². The molecule has 17 heavy (non-hydrogen) atoms. The molecule has 1 N–H and O–H groups in total. The monoisotopic (exact) mass is 242 g/mol. The Labute approximate surface area is 99.8 Å². The van der Waals surface area contributed by atoms with Crippen molar-refractivity contribution in [3.05, 3.63) is 5.82 Å². The number of aliphatic carboxylic acids is 1. The van der Waals surface area contributed by atoms with Crippen molar-refractivity contribution >= 4 is 5.97 Å². The fourth-order valence-electron chi connectivity index (χ4n) is 1.31. The Kier molecular flexibility index (Phi) is 4.17. The van der Waals surface area contributed by atoms with Crippen molar-refractivity contribution in [1.29, 1.82) is 0 Å². The van der Waals surface area contributed by atoms with E-state index in [9.17, 15) is 9.90 Å². The predicted octanol–water partition coefficient (Wildman–Crippen LogP) is 0.808. The molecular weight excluding hydrogens is 224 g/mol. The topological polar surface area (TPSA) is 90.1 Å². The lowest BCUT2D eigenvalue weighted by molar-refractivity contribution is -0.147. The first-order chi connectivity index (χ1) is 7.91. The maximum absolute atomic E-state index is 11.3. The van der Waals surface area contributed by atoms with Crippen molar-refractivity contribution in [1.82, 2.24) is 20.2 Å². The van der Waals surface area contributed by atoms with E-state index in [-0.39, 0.29) is 12.7 Å². The van der Waals surface area contributed by atoms with Gasteiger partial charge in [0.25, 0.3) is 0 Å². The van der Waals surface area contributed by atoms with Crippen LogP contribution in [0.2, 0.25) is 0 Å². The summed E-state index contributed by atoms with van der Waals surface area (Å²) in [7, 11) is 0. The second-order valence-electron chi connectivity index (χ2n) is 4.30. The molecule has 0 aromatic carbocycles. The second-order valence-corrected chi connectivity index (χ2v) is 4.30. The number of hydrogen-bond donors (Lipinski definition) is 1. The van der Waals surface area contributed by atoms with Crippen LogP contribution < -0.4 is 0 Å². The number of tetrazole rings is 1. The zero-order valence-electron chi connectivity index (χ0n) is 10.5. The van der Waals surface area contributed by atoms with E-state index < -0.39 is 11.5 Å². The lowest BCUT2D eigenvalue weighted by atomic mass is 9.99. The van der Waals surface area contributed by atoms with Gasteiger partial charge in [0.15, 0.2) is 11.4 Å². The van der Waals surface area contributed by atoms with Crippen LogP contribution in [0, 0.1) is 0 Å². The quantitative estimate of drug-likeness (QED) is 0.793. The third-order valence-corrected chi connectivity index (χ3v) is 2.70. The largest absolute Gasteiger partial charge is 0.479 e. The molecule has 0 amide bonds. The average Bonchev–Trinajstić information content (AvgIpc) is 2.73. The SMILES string of the molecule is CCC(C)(C(=O)O)n1nnnc1COC(C)C. The normalized spacial score (nSPS) is 14.9. The summed E-state index contributed by atoms with van der Waals surface area (Å²) in [6.45, 7) is 7.36. The molecule has 1 unspecified atom stereocenters. The lowest BCUT2D eigenvalue weighted by Gasteiger charge is -2.24. The zero-order valence-corrected chi connectivity index (χ0v) is 10.5. The van der Waals surface area contributed by atoms with Crippen molar-refractivity contribution < 1.29 is 14.6 Å². The van der Waals surface area contributed by atoms with Gasteiger partial charge in [-0.15, -0.1) is 5.10 Å². The summed E-state index contributed by atoms with van der Waals surface area (Å²) in [6.07, 6.45) is 0.431. The average molecular weight is 242 g/mol. The van der Waals surface area contributed by atoms with E-state index in [1.807, 2.05) is 13.8 Å². The summed E-state index contributed by atoms with van der Waals surface area (Å²) in [6, 6.07) is 0. The van der Waals surface area contributed by atoms with Gasteiger partial charge in [-0.1, -0.05) is 6.92 Å². The summed E-state index contributed by atoms with van der Waals surface area (Å²) >= 11 is 0. The number of aromatic nitrogens is 4. The van der Waals surface area contributed by atoms with Crippen LogP contribution in [0.5, 0.6) is 0 Å². The van der Waals surface area contributed by atoms with Gasteiger partial charge in [-0.05, 0) is 37.6 Å². The summed E-state index contributed by atoms with van der Waals surface area (Å²) in [4.78, 5) is 11.3. The Morgan fingerprint density at radius 2 is 2.24 bits per heavy atom. The van der Waals surface area contributed by atoms with Crippen molar-refractivity contribution in [3.8, 4) is 0 Å². The van der Waals surface area contributed by atoms with Crippen LogP contribution in [-0.4, -0.2) is 37.4 Å². The molecular formula is C10H18N4O3. The number of carboxylic acids is 1. The highest BCUT2D eigenvalue weighted by atomic mass is 16.5. The molecule has 1 aromatic rings. The van der Waals surface area contributed by atoms with Crippen LogP contribution in [0.1, 0.15) is 39.9 Å². The van der Waals surface area contributed by atoms with Gasteiger partial charge in [0.2, 0.25) is 0 Å². The van der Waals surface area contributed by atoms with Crippen LogP contribution in [-0.2, 0) is 21.7 Å². The summed E-state index contributed by atoms with van der Waals surface area (Å²) in [5.41, 5.74) is -1.14. The Hall–Kier alpha value is -1.50. The van der Waals surface area contributed by atoms with Crippen molar-refractivity contribution in [2.24, 2.45) is 0 Å². The van der Waals surface area contributed by atoms with Crippen LogP contribution in [0.4, 0.5) is 0 Å². The Balaban J connectivity index is 2.97. The molecule has 1 rings (SSSR count). The first-order valence-electron chi connectivity index (χ1n) is 5.54. The van der Waals surface area contributed by atoms with Gasteiger partial charge in [-0.2, -0.15) is 0 Å². The number of rotatable bonds is 6. The van der Waals surface area contributed by atoms with Gasteiger partial charge >= 0.3 is 5.97 Å². The molecule has 0 saturated heterocycles. The maximum atomic E-state index is 11.3. The van der Waals surface area contributed by atoms with Gasteiger partial charge in [0, 0.05) is 0 Å². The number of nitrogens with zero attached hydrogens (tertiary/aromatic N) is 4. The van der Waals surface area contributed by atoms with E-state index in [1.54, 1.807) is 13.8 Å². The molecule has 1 aromatic heterocycles. The minimum Gasteiger partial charge on any atom is -0.479 e. The minimum absolute atomic E-state index is 0.0397. The molecule has 0 saturated carbocycles. The maximum Gasteiger partial charge on any atom is 0.331 e. The molecule has 0 aliphatic heterocycles. The Morgan fingerprint density at radius 3 is 2.71 bits per heavy atom. The van der Waals surface area contributed by atoms with Crippen molar-refractivity contribution in [3.63, 3.8) is 0 Å². The third kappa shape index (κ3) is 2.79. The van der Waals surface area contributed by atoms with E-state index in [1.165, 1.54) is 4.68 Å². The number of ether oxygens (including phenoxy) is 1. The molecule has 0 aliphatic carbocycles. The second kappa shape index (κ2) is 5.22. The molecule has 7 nitrogen and oxygen atoms in total. The summed E-state index contributed by atoms with van der Waals surface area (Å²) < 4.78 is 6.71. The number of carboxylic acid groups (broad SMARTS) is 1. The standard InChI is InChI=1S/C10H18N4O3/c1-5-10(4,9(15)16)14-8(11-12-13-14)6-17-7(2)3/h7H,5-6H2,1-4H3,(H,15,16). The van der Waals surface area contributed by atoms with Crippen LogP contribution in [0.25, 0.3) is 0 Å². The predicted molar refractivity (Wildman–Crippen MR) is 59.3 cm³/mol. The van der Waals surface area contributed by atoms with E-state index in [0.29, 0.717) is 12.2 Å². The van der Waals surface area contributed by atoms with E-state index >= 15 is 0 Å². The fraction of sp³-hybridized carbons (Fsp3) is 0.800. The molecule has 0 aliphatic rings. The highest BCUT2D eigenvalue weighted by molar-refractivity contribution is 5.76. The molecule has 0 radical (unpaired) electrons. The van der Waals surface area contributed by atoms with Crippen LogP contribution in [0.15, 0.2) is 0 Å². The van der Waals surface area contributed by atoms with Gasteiger partial charge in [0.05, 0.1) is 6.10 Å². The van der Waals surface area contributed by atoms with E-state index in [2.05, 4.69) is 15.5 Å². The van der Waals surface area contributed by atoms with E-state index in [4.69, 9.17) is 4.74 Å². The number of hydrogen-bond acceptors (Lipinski definition) is 5. The molecule has 0 bridgehead atoms. The van der Waals surface area contributed by atoms with Gasteiger partial charge in [-0.25, -0.2) is 9.48 Å². The smallest absolute Gasteiger partial charge is 0.331 e. The highest BCUT2D eigenvalue weighted by Crippen LogP contribution is 2.21. The fourth-order valence-corrected chi connectivity index (χ4v) is 1.31. The molecule has 7 heteroatoms. The highest BCUT2D eigenvalue weighted by Gasteiger charge is 2.36. The van der Waals surface area contributed by atoms with Crippen LogP contribution >= 0.6 is 0 Å². The molecule has 1 atom stereocenters. The molecule has 0 spiro atoms. The summed E-state index contributed by atoms with van der Waals surface area (Å²) in [5, 5.41) is 20.3. The van der Waals surface area contributed by atoms with Crippen molar-refractivity contribution in [2.45, 2.75) is 52.4 Å². The first kappa shape index (κ1) is 13.6.